The quantitative estimate of drug-likeness (QED) is 0.218. The summed E-state index contributed by atoms with van der Waals surface area (Å²) in [5.74, 6) is 0. The van der Waals surface area contributed by atoms with Crippen LogP contribution in [0.2, 0.25) is 0 Å². The minimum atomic E-state index is 0.920. The highest BCUT2D eigenvalue weighted by Gasteiger charge is 2.15. The molecule has 1 N–H and O–H groups in total. The van der Waals surface area contributed by atoms with E-state index in [9.17, 15) is 0 Å². The average molecular weight is 592 g/mol. The van der Waals surface area contributed by atoms with E-state index in [-0.39, 0.29) is 0 Å². The van der Waals surface area contributed by atoms with Crippen LogP contribution in [-0.4, -0.2) is 4.98 Å². The number of hydrogen-bond donors (Lipinski definition) is 1. The second-order valence-corrected chi connectivity index (χ2v) is 12.9. The molecule has 7 aromatic carbocycles. The number of para-hydroxylation sites is 3. The van der Waals surface area contributed by atoms with Crippen LogP contribution in [0, 0.1) is 0 Å². The molecule has 10 aromatic rings. The lowest BCUT2D eigenvalue weighted by atomic mass is 9.96. The summed E-state index contributed by atoms with van der Waals surface area (Å²) in [4.78, 5) is 3.76. The first kappa shape index (κ1) is 24.8. The maximum absolute atomic E-state index is 6.38. The van der Waals surface area contributed by atoms with Crippen molar-refractivity contribution in [2.24, 2.45) is 0 Å². The first-order valence-corrected chi connectivity index (χ1v) is 16.1. The summed E-state index contributed by atoms with van der Waals surface area (Å²) >= 11 is 1.87. The van der Waals surface area contributed by atoms with Crippen molar-refractivity contribution in [2.75, 3.05) is 0 Å². The molecule has 3 heteroatoms. The van der Waals surface area contributed by atoms with Crippen molar-refractivity contribution in [1.29, 1.82) is 0 Å². The zero-order valence-corrected chi connectivity index (χ0v) is 25.0. The monoisotopic (exact) mass is 591 g/mol. The van der Waals surface area contributed by atoms with Gasteiger partial charge in [0.2, 0.25) is 0 Å². The van der Waals surface area contributed by atoms with Crippen LogP contribution in [0.1, 0.15) is 0 Å². The Hall–Kier alpha value is -5.64. The number of thiophene rings is 1. The van der Waals surface area contributed by atoms with Crippen LogP contribution >= 0.6 is 11.3 Å². The van der Waals surface area contributed by atoms with Crippen molar-refractivity contribution < 1.29 is 4.42 Å². The van der Waals surface area contributed by atoms with Gasteiger partial charge in [0, 0.05) is 58.4 Å². The van der Waals surface area contributed by atoms with Crippen LogP contribution in [-0.2, 0) is 0 Å². The Morgan fingerprint density at radius 3 is 2.07 bits per heavy atom. The van der Waals surface area contributed by atoms with Crippen LogP contribution in [0.5, 0.6) is 0 Å². The van der Waals surface area contributed by atoms with E-state index in [0.29, 0.717) is 0 Å². The molecular weight excluding hydrogens is 567 g/mol. The molecule has 0 saturated heterocycles. The minimum absolute atomic E-state index is 0.920. The molecule has 3 heterocycles. The van der Waals surface area contributed by atoms with Crippen LogP contribution in [0.15, 0.2) is 150 Å². The third-order valence-electron chi connectivity index (χ3n) is 9.23. The molecule has 2 nitrogen and oxygen atoms in total. The predicted molar refractivity (Wildman–Crippen MR) is 192 cm³/mol. The Bertz CT molecular complexity index is 2770. The highest BCUT2D eigenvalue weighted by atomic mass is 32.1. The number of hydrogen-bond acceptors (Lipinski definition) is 2. The number of fused-ring (bicyclic) bond motifs is 9. The molecule has 0 fully saturated rings. The summed E-state index contributed by atoms with van der Waals surface area (Å²) < 4.78 is 9.03. The summed E-state index contributed by atoms with van der Waals surface area (Å²) in [7, 11) is 0. The van der Waals surface area contributed by atoms with Crippen molar-refractivity contribution in [1.82, 2.24) is 4.98 Å². The molecule has 0 aliphatic rings. The van der Waals surface area contributed by atoms with E-state index in [1.807, 2.05) is 23.5 Å². The molecule has 3 aromatic heterocycles. The van der Waals surface area contributed by atoms with Gasteiger partial charge in [-0.3, -0.25) is 0 Å². The fourth-order valence-electron chi connectivity index (χ4n) is 7.08. The SMILES string of the molecule is c1cc(-c2ccc3c(c2)sc2ccccc23)cc(-c2cccc3c2[nH]c2ccc(-c4cccc5c4oc4ccccc45)cc23)c1. The number of furan rings is 1. The Morgan fingerprint density at radius 2 is 1.11 bits per heavy atom. The van der Waals surface area contributed by atoms with E-state index in [2.05, 4.69) is 138 Å². The van der Waals surface area contributed by atoms with Gasteiger partial charge in [0.1, 0.15) is 11.2 Å². The van der Waals surface area contributed by atoms with Gasteiger partial charge in [0.25, 0.3) is 0 Å². The molecule has 45 heavy (non-hydrogen) atoms. The van der Waals surface area contributed by atoms with E-state index < -0.39 is 0 Å². The largest absolute Gasteiger partial charge is 0.455 e. The number of H-pyrrole nitrogens is 1. The molecule has 0 saturated carbocycles. The molecule has 210 valence electrons. The molecule has 0 unspecified atom stereocenters. The highest BCUT2D eigenvalue weighted by Crippen LogP contribution is 2.40. The molecule has 10 rings (SSSR count). The summed E-state index contributed by atoms with van der Waals surface area (Å²) in [5, 5.41) is 7.39. The first-order valence-electron chi connectivity index (χ1n) is 15.3. The van der Waals surface area contributed by atoms with Gasteiger partial charge in [-0.15, -0.1) is 11.3 Å². The minimum Gasteiger partial charge on any atom is -0.455 e. The van der Waals surface area contributed by atoms with Gasteiger partial charge in [-0.25, -0.2) is 0 Å². The number of rotatable bonds is 3. The van der Waals surface area contributed by atoms with Crippen molar-refractivity contribution in [3.05, 3.63) is 146 Å². The predicted octanol–water partition coefficient (Wildman–Crippen LogP) is 12.6. The Morgan fingerprint density at radius 1 is 0.422 bits per heavy atom. The normalized spacial score (nSPS) is 12.0. The summed E-state index contributed by atoms with van der Waals surface area (Å²) in [6, 6.07) is 52.5. The van der Waals surface area contributed by atoms with Crippen LogP contribution < -0.4 is 0 Å². The number of benzene rings is 7. The van der Waals surface area contributed by atoms with Gasteiger partial charge < -0.3 is 9.40 Å². The van der Waals surface area contributed by atoms with Gasteiger partial charge >= 0.3 is 0 Å². The fraction of sp³-hybridized carbons (Fsp3) is 0. The third-order valence-corrected chi connectivity index (χ3v) is 10.4. The zero-order valence-electron chi connectivity index (χ0n) is 24.2. The number of aromatic amines is 1. The highest BCUT2D eigenvalue weighted by molar-refractivity contribution is 7.25. The van der Waals surface area contributed by atoms with Crippen LogP contribution in [0.25, 0.3) is 97.3 Å². The maximum Gasteiger partial charge on any atom is 0.143 e. The van der Waals surface area contributed by atoms with E-state index >= 15 is 0 Å². The molecule has 0 amide bonds. The second kappa shape index (κ2) is 9.43. The van der Waals surface area contributed by atoms with Gasteiger partial charge in [0.15, 0.2) is 0 Å². The average Bonchev–Trinajstić information content (AvgIpc) is 3.78. The lowest BCUT2D eigenvalue weighted by Gasteiger charge is -2.08. The summed E-state index contributed by atoms with van der Waals surface area (Å²) in [5.41, 5.74) is 11.3. The second-order valence-electron chi connectivity index (χ2n) is 11.8. The smallest absolute Gasteiger partial charge is 0.143 e. The number of aromatic nitrogens is 1. The Balaban J connectivity index is 1.09. The summed E-state index contributed by atoms with van der Waals surface area (Å²) in [6.07, 6.45) is 0. The van der Waals surface area contributed by atoms with E-state index in [1.54, 1.807) is 0 Å². The molecule has 0 aliphatic carbocycles. The Labute approximate surface area is 262 Å². The standard InChI is InChI=1S/C42H25NOS/c1-3-16-38-31(10-1)35-15-7-13-30(42(35)44-38)28-19-21-37-36(23-28)34-14-6-12-29(41(34)43-37)27-9-5-8-25(22-27)26-18-20-33-32-11-2-4-17-39(32)45-40(33)24-26/h1-24,43H. The molecule has 0 atom stereocenters. The van der Waals surface area contributed by atoms with Gasteiger partial charge in [0.05, 0.1) is 5.52 Å². The van der Waals surface area contributed by atoms with E-state index in [1.165, 1.54) is 53.2 Å². The fourth-order valence-corrected chi connectivity index (χ4v) is 8.22. The van der Waals surface area contributed by atoms with E-state index in [0.717, 1.165) is 44.1 Å². The number of nitrogens with one attached hydrogen (secondary N) is 1. The summed E-state index contributed by atoms with van der Waals surface area (Å²) in [6.45, 7) is 0. The van der Waals surface area contributed by atoms with Crippen LogP contribution in [0.3, 0.4) is 0 Å². The molecular formula is C42H25NOS. The Kier molecular flexibility index (Phi) is 5.19. The maximum atomic E-state index is 6.38. The zero-order chi connectivity index (χ0) is 29.5. The van der Waals surface area contributed by atoms with E-state index in [4.69, 9.17) is 4.42 Å². The molecule has 0 aliphatic heterocycles. The lowest BCUT2D eigenvalue weighted by Crippen LogP contribution is -1.83. The topological polar surface area (TPSA) is 28.9 Å². The van der Waals surface area contributed by atoms with Crippen molar-refractivity contribution in [2.45, 2.75) is 0 Å². The lowest BCUT2D eigenvalue weighted by molar-refractivity contribution is 0.670. The van der Waals surface area contributed by atoms with Crippen molar-refractivity contribution in [3.63, 3.8) is 0 Å². The van der Waals surface area contributed by atoms with Gasteiger partial charge in [-0.1, -0.05) is 109 Å². The van der Waals surface area contributed by atoms with Crippen LogP contribution in [0.4, 0.5) is 0 Å². The van der Waals surface area contributed by atoms with Crippen molar-refractivity contribution in [3.8, 4) is 33.4 Å². The molecule has 0 radical (unpaired) electrons. The van der Waals surface area contributed by atoms with Crippen molar-refractivity contribution >= 4 is 75.3 Å². The third kappa shape index (κ3) is 3.75. The van der Waals surface area contributed by atoms with Gasteiger partial charge in [-0.2, -0.15) is 0 Å². The first-order chi connectivity index (χ1) is 22.3. The molecule has 0 bridgehead atoms. The molecule has 0 spiro atoms. The van der Waals surface area contributed by atoms with Gasteiger partial charge in [-0.05, 0) is 58.7 Å².